The zero-order valence-electron chi connectivity index (χ0n) is 13.1. The fourth-order valence-electron chi connectivity index (χ4n) is 2.36. The van der Waals surface area contributed by atoms with Crippen molar-refractivity contribution in [2.45, 2.75) is 6.92 Å². The number of ether oxygens (including phenoxy) is 1. The fourth-order valence-corrected chi connectivity index (χ4v) is 3.92. The molecule has 6 heteroatoms. The molecular weight excluding hydrogens is 406 g/mol. The van der Waals surface area contributed by atoms with Gasteiger partial charge in [0.25, 0.3) is 5.91 Å². The maximum atomic E-state index is 12.7. The lowest BCUT2D eigenvalue weighted by atomic mass is 10.1. The molecule has 1 fully saturated rings. The molecule has 1 amide bonds. The van der Waals surface area contributed by atoms with Gasteiger partial charge in [0, 0.05) is 4.47 Å². The number of carbonyl (C=O) groups is 1. The minimum Gasteiger partial charge on any atom is -0.496 e. The summed E-state index contributed by atoms with van der Waals surface area (Å²) in [6.07, 6.45) is 1.85. The number of hydrogen-bond donors (Lipinski definition) is 0. The third-order valence-corrected chi connectivity index (χ3v) is 5.44. The molecule has 0 bridgehead atoms. The highest BCUT2D eigenvalue weighted by atomic mass is 79.9. The van der Waals surface area contributed by atoms with Crippen LogP contribution in [0.25, 0.3) is 6.08 Å². The summed E-state index contributed by atoms with van der Waals surface area (Å²) in [5.41, 5.74) is 2.73. The fraction of sp³-hybridized carbons (Fsp3) is 0.111. The summed E-state index contributed by atoms with van der Waals surface area (Å²) in [5.74, 6) is 0.694. The smallest absolute Gasteiger partial charge is 0.270 e. The van der Waals surface area contributed by atoms with Crippen LogP contribution < -0.4 is 9.64 Å². The Labute approximate surface area is 158 Å². The van der Waals surface area contributed by atoms with Crippen LogP contribution in [0.15, 0.2) is 51.8 Å². The molecule has 1 saturated heterocycles. The minimum absolute atomic E-state index is 0.105. The van der Waals surface area contributed by atoms with Crippen molar-refractivity contribution in [2.24, 2.45) is 0 Å². The van der Waals surface area contributed by atoms with E-state index in [0.717, 1.165) is 27.0 Å². The molecule has 122 valence electrons. The number of nitrogens with zero attached hydrogens (tertiary/aromatic N) is 1. The van der Waals surface area contributed by atoms with Crippen LogP contribution in [0, 0.1) is 6.92 Å². The van der Waals surface area contributed by atoms with E-state index in [-0.39, 0.29) is 5.91 Å². The zero-order valence-corrected chi connectivity index (χ0v) is 16.3. The van der Waals surface area contributed by atoms with Gasteiger partial charge in [0.15, 0.2) is 4.32 Å². The first-order chi connectivity index (χ1) is 11.5. The van der Waals surface area contributed by atoms with Crippen molar-refractivity contribution in [1.29, 1.82) is 0 Å². The van der Waals surface area contributed by atoms with Crippen molar-refractivity contribution < 1.29 is 9.53 Å². The zero-order chi connectivity index (χ0) is 17.3. The van der Waals surface area contributed by atoms with Crippen molar-refractivity contribution in [1.82, 2.24) is 0 Å². The second kappa shape index (κ2) is 7.09. The number of rotatable bonds is 3. The topological polar surface area (TPSA) is 29.5 Å². The van der Waals surface area contributed by atoms with E-state index in [1.165, 1.54) is 11.8 Å². The number of thioether (sulfide) groups is 1. The third kappa shape index (κ3) is 3.41. The average molecular weight is 420 g/mol. The standard InChI is InChI=1S/C18H14BrNO2S2/c1-11-3-4-12(9-15(11)22-2)10-16-17(21)20(18(23)24-16)14-7-5-13(19)6-8-14/h3-10H,1-2H3/b16-10+. The molecule has 0 aliphatic carbocycles. The molecule has 0 radical (unpaired) electrons. The largest absolute Gasteiger partial charge is 0.496 e. The Bertz CT molecular complexity index is 847. The van der Waals surface area contributed by atoms with E-state index < -0.39 is 0 Å². The summed E-state index contributed by atoms with van der Waals surface area (Å²) in [7, 11) is 1.64. The molecule has 1 aliphatic rings. The molecule has 0 aromatic heterocycles. The molecule has 0 spiro atoms. The van der Waals surface area contributed by atoms with E-state index >= 15 is 0 Å². The monoisotopic (exact) mass is 419 g/mol. The Hall–Kier alpha value is -1.63. The quantitative estimate of drug-likeness (QED) is 0.506. The molecule has 3 rings (SSSR count). The summed E-state index contributed by atoms with van der Waals surface area (Å²) < 4.78 is 6.83. The molecule has 1 aliphatic heterocycles. The van der Waals surface area contributed by atoms with Crippen LogP contribution in [-0.4, -0.2) is 17.3 Å². The predicted octanol–water partition coefficient (Wildman–Crippen LogP) is 5.17. The van der Waals surface area contributed by atoms with Gasteiger partial charge in [-0.3, -0.25) is 9.69 Å². The number of amides is 1. The van der Waals surface area contributed by atoms with E-state index in [4.69, 9.17) is 17.0 Å². The van der Waals surface area contributed by atoms with Crippen molar-refractivity contribution in [2.75, 3.05) is 12.0 Å². The first kappa shape index (κ1) is 17.2. The van der Waals surface area contributed by atoms with Crippen molar-refractivity contribution in [3.05, 3.63) is 63.0 Å². The molecule has 2 aromatic rings. The average Bonchev–Trinajstić information content (AvgIpc) is 2.84. The van der Waals surface area contributed by atoms with Crippen molar-refractivity contribution in [3.63, 3.8) is 0 Å². The SMILES string of the molecule is COc1cc(/C=C2/SC(=S)N(c3ccc(Br)cc3)C2=O)ccc1C. The predicted molar refractivity (Wildman–Crippen MR) is 108 cm³/mol. The van der Waals surface area contributed by atoms with Crippen molar-refractivity contribution >= 4 is 61.9 Å². The number of methoxy groups -OCH3 is 1. The maximum Gasteiger partial charge on any atom is 0.270 e. The van der Waals surface area contributed by atoms with E-state index in [2.05, 4.69) is 15.9 Å². The van der Waals surface area contributed by atoms with Crippen LogP contribution in [0.2, 0.25) is 0 Å². The van der Waals surface area contributed by atoms with Crippen LogP contribution in [0.5, 0.6) is 5.75 Å². The molecule has 0 unspecified atom stereocenters. The number of hydrogen-bond acceptors (Lipinski definition) is 4. The lowest BCUT2D eigenvalue weighted by Crippen LogP contribution is -2.27. The van der Waals surface area contributed by atoms with Gasteiger partial charge in [-0.05, 0) is 54.5 Å². The normalized spacial score (nSPS) is 16.1. The summed E-state index contributed by atoms with van der Waals surface area (Å²) in [6, 6.07) is 13.4. The minimum atomic E-state index is -0.105. The molecule has 2 aromatic carbocycles. The van der Waals surface area contributed by atoms with E-state index in [0.29, 0.717) is 9.23 Å². The van der Waals surface area contributed by atoms with E-state index in [1.807, 2.05) is 55.5 Å². The maximum absolute atomic E-state index is 12.7. The van der Waals surface area contributed by atoms with Crippen molar-refractivity contribution in [3.8, 4) is 5.75 Å². The van der Waals surface area contributed by atoms with Crippen LogP contribution in [0.1, 0.15) is 11.1 Å². The number of thiocarbonyl (C=S) groups is 1. The molecule has 0 atom stereocenters. The highest BCUT2D eigenvalue weighted by Gasteiger charge is 2.33. The van der Waals surface area contributed by atoms with Gasteiger partial charge < -0.3 is 4.74 Å². The Balaban J connectivity index is 1.92. The molecule has 0 N–H and O–H groups in total. The highest BCUT2D eigenvalue weighted by molar-refractivity contribution is 9.10. The van der Waals surface area contributed by atoms with E-state index in [9.17, 15) is 4.79 Å². The highest BCUT2D eigenvalue weighted by Crippen LogP contribution is 2.36. The van der Waals surface area contributed by atoms with Crippen LogP contribution in [0.3, 0.4) is 0 Å². The molecule has 3 nitrogen and oxygen atoms in total. The van der Waals surface area contributed by atoms with Gasteiger partial charge in [-0.25, -0.2) is 0 Å². The van der Waals surface area contributed by atoms with Gasteiger partial charge in [0.1, 0.15) is 5.75 Å². The number of benzene rings is 2. The summed E-state index contributed by atoms with van der Waals surface area (Å²) >= 11 is 10.1. The van der Waals surface area contributed by atoms with Crippen LogP contribution in [-0.2, 0) is 4.79 Å². The van der Waals surface area contributed by atoms with Gasteiger partial charge in [-0.2, -0.15) is 0 Å². The lowest BCUT2D eigenvalue weighted by Gasteiger charge is -2.14. The van der Waals surface area contributed by atoms with E-state index in [1.54, 1.807) is 12.0 Å². The van der Waals surface area contributed by atoms with Gasteiger partial charge in [0.2, 0.25) is 0 Å². The second-order valence-electron chi connectivity index (χ2n) is 5.22. The van der Waals surface area contributed by atoms with Gasteiger partial charge in [-0.15, -0.1) is 0 Å². The molecule has 1 heterocycles. The molecular formula is C18H14BrNO2S2. The Morgan fingerprint density at radius 3 is 2.58 bits per heavy atom. The second-order valence-corrected chi connectivity index (χ2v) is 7.81. The Morgan fingerprint density at radius 2 is 1.92 bits per heavy atom. The number of anilines is 1. The van der Waals surface area contributed by atoms with Gasteiger partial charge in [0.05, 0.1) is 17.7 Å². The molecule has 0 saturated carbocycles. The number of halogens is 1. The number of aryl methyl sites for hydroxylation is 1. The summed E-state index contributed by atoms with van der Waals surface area (Å²) in [4.78, 5) is 14.9. The van der Waals surface area contributed by atoms with Crippen LogP contribution >= 0.6 is 39.9 Å². The number of carbonyl (C=O) groups excluding carboxylic acids is 1. The first-order valence-electron chi connectivity index (χ1n) is 7.18. The van der Waals surface area contributed by atoms with Gasteiger partial charge in [-0.1, -0.05) is 52.0 Å². The summed E-state index contributed by atoms with van der Waals surface area (Å²) in [5, 5.41) is 0. The van der Waals surface area contributed by atoms with Crippen LogP contribution in [0.4, 0.5) is 5.69 Å². The molecule has 24 heavy (non-hydrogen) atoms. The Kier molecular flexibility index (Phi) is 5.08. The first-order valence-corrected chi connectivity index (χ1v) is 9.19. The third-order valence-electron chi connectivity index (χ3n) is 3.61. The van der Waals surface area contributed by atoms with Gasteiger partial charge >= 0.3 is 0 Å². The summed E-state index contributed by atoms with van der Waals surface area (Å²) in [6.45, 7) is 1.98. The lowest BCUT2D eigenvalue weighted by molar-refractivity contribution is -0.113. The Morgan fingerprint density at radius 1 is 1.21 bits per heavy atom.